The monoisotopic (exact) mass is 404 g/mol. The van der Waals surface area contributed by atoms with Crippen molar-refractivity contribution in [1.82, 2.24) is 14.5 Å². The van der Waals surface area contributed by atoms with E-state index in [1.807, 2.05) is 6.26 Å². The van der Waals surface area contributed by atoms with Gasteiger partial charge in [-0.25, -0.2) is 14.3 Å². The van der Waals surface area contributed by atoms with Crippen LogP contribution in [-0.4, -0.2) is 32.5 Å². The second kappa shape index (κ2) is 8.41. The molecule has 2 aromatic heterocycles. The highest BCUT2D eigenvalue weighted by Crippen LogP contribution is 2.17. The number of aromatic nitrogens is 3. The number of hydrogen-bond donors (Lipinski definition) is 2. The van der Waals surface area contributed by atoms with E-state index < -0.39 is 23.2 Å². The zero-order valence-electron chi connectivity index (χ0n) is 14.4. The number of nitrogens with zero attached hydrogens (tertiary/aromatic N) is 2. The molecule has 0 fully saturated rings. The van der Waals surface area contributed by atoms with Crippen LogP contribution in [0.15, 0.2) is 52.2 Å². The number of amides is 1. The molecule has 1 atom stereocenters. The molecular weight excluding hydrogens is 388 g/mol. The number of anilines is 1. The summed E-state index contributed by atoms with van der Waals surface area (Å²) in [5.41, 5.74) is -0.696. The second-order valence-electron chi connectivity index (χ2n) is 5.80. The number of rotatable bonds is 6. The standard InChI is InChI=1S/C18H17ClN4O3S/c1-27-9-7-14(16(24)22-15-10-11(19)6-8-20-15)23-17(25)12-4-2-3-5-13(12)21-18(23)26/h2-6,8,10,14H,7,9H2,1H3,(H,21,26)(H,20,22,24)/t14-/m0/s1. The van der Waals surface area contributed by atoms with Crippen LogP contribution in [0.5, 0.6) is 0 Å². The van der Waals surface area contributed by atoms with Gasteiger partial charge in [-0.05, 0) is 42.7 Å². The van der Waals surface area contributed by atoms with Crippen LogP contribution in [0, 0.1) is 0 Å². The molecule has 0 saturated heterocycles. The van der Waals surface area contributed by atoms with E-state index in [9.17, 15) is 14.4 Å². The molecule has 0 aliphatic rings. The summed E-state index contributed by atoms with van der Waals surface area (Å²) in [6.07, 6.45) is 3.67. The van der Waals surface area contributed by atoms with Crippen LogP contribution in [0.1, 0.15) is 12.5 Å². The minimum Gasteiger partial charge on any atom is -0.309 e. The van der Waals surface area contributed by atoms with Crippen LogP contribution in [0.4, 0.5) is 5.82 Å². The zero-order valence-corrected chi connectivity index (χ0v) is 16.0. The Hall–Kier alpha value is -2.58. The highest BCUT2D eigenvalue weighted by atomic mass is 35.5. The lowest BCUT2D eigenvalue weighted by Crippen LogP contribution is -2.43. The Bertz CT molecular complexity index is 1100. The van der Waals surface area contributed by atoms with E-state index in [4.69, 9.17) is 11.6 Å². The third kappa shape index (κ3) is 4.23. The Morgan fingerprint density at radius 3 is 2.85 bits per heavy atom. The third-order valence-corrected chi connectivity index (χ3v) is 4.90. The van der Waals surface area contributed by atoms with Crippen LogP contribution >= 0.6 is 23.4 Å². The van der Waals surface area contributed by atoms with E-state index in [1.165, 1.54) is 24.0 Å². The average molecular weight is 405 g/mol. The van der Waals surface area contributed by atoms with Crippen LogP contribution < -0.4 is 16.6 Å². The summed E-state index contributed by atoms with van der Waals surface area (Å²) in [4.78, 5) is 45.0. The molecule has 0 aliphatic carbocycles. The summed E-state index contributed by atoms with van der Waals surface area (Å²) in [6.45, 7) is 0. The lowest BCUT2D eigenvalue weighted by Gasteiger charge is -2.18. The average Bonchev–Trinajstić information content (AvgIpc) is 2.64. The molecule has 0 saturated carbocycles. The molecule has 0 aliphatic heterocycles. The molecule has 140 valence electrons. The Morgan fingerprint density at radius 2 is 2.11 bits per heavy atom. The Morgan fingerprint density at radius 1 is 1.33 bits per heavy atom. The van der Waals surface area contributed by atoms with Crippen molar-refractivity contribution in [1.29, 1.82) is 0 Å². The van der Waals surface area contributed by atoms with Gasteiger partial charge in [-0.1, -0.05) is 23.7 Å². The fourth-order valence-corrected chi connectivity index (χ4v) is 3.37. The molecule has 0 bridgehead atoms. The number of H-pyrrole nitrogens is 1. The Labute approximate surface area is 163 Å². The maximum atomic E-state index is 12.9. The lowest BCUT2D eigenvalue weighted by atomic mass is 10.2. The van der Waals surface area contributed by atoms with E-state index in [-0.39, 0.29) is 5.82 Å². The summed E-state index contributed by atoms with van der Waals surface area (Å²) in [5.74, 6) is 0.355. The van der Waals surface area contributed by atoms with Gasteiger partial charge in [0.2, 0.25) is 5.91 Å². The van der Waals surface area contributed by atoms with Gasteiger partial charge in [0.1, 0.15) is 11.9 Å². The molecule has 2 N–H and O–H groups in total. The minimum atomic E-state index is -0.973. The first-order valence-electron chi connectivity index (χ1n) is 8.16. The summed E-state index contributed by atoms with van der Waals surface area (Å²) in [7, 11) is 0. The normalized spacial score (nSPS) is 12.1. The van der Waals surface area contributed by atoms with Crippen molar-refractivity contribution < 1.29 is 4.79 Å². The number of carbonyl (C=O) groups excluding carboxylic acids is 1. The van der Waals surface area contributed by atoms with Crippen LogP contribution in [-0.2, 0) is 4.79 Å². The number of para-hydroxylation sites is 1. The smallest absolute Gasteiger partial charge is 0.309 e. The molecule has 3 aromatic rings. The Balaban J connectivity index is 2.04. The van der Waals surface area contributed by atoms with Crippen molar-refractivity contribution in [2.24, 2.45) is 0 Å². The molecule has 0 radical (unpaired) electrons. The number of nitrogens with one attached hydrogen (secondary N) is 2. The van der Waals surface area contributed by atoms with E-state index in [0.29, 0.717) is 28.1 Å². The Kier molecular flexibility index (Phi) is 5.98. The number of halogens is 1. The fourth-order valence-electron chi connectivity index (χ4n) is 2.75. The highest BCUT2D eigenvalue weighted by molar-refractivity contribution is 7.98. The van der Waals surface area contributed by atoms with Crippen molar-refractivity contribution in [3.05, 3.63) is 68.5 Å². The SMILES string of the molecule is CSCC[C@@H](C(=O)Nc1cc(Cl)ccn1)n1c(=O)[nH]c2ccccc2c1=O. The van der Waals surface area contributed by atoms with Crippen molar-refractivity contribution in [2.75, 3.05) is 17.3 Å². The zero-order chi connectivity index (χ0) is 19.4. The third-order valence-electron chi connectivity index (χ3n) is 4.02. The first-order valence-corrected chi connectivity index (χ1v) is 9.93. The molecule has 7 nitrogen and oxygen atoms in total. The van der Waals surface area contributed by atoms with Crippen molar-refractivity contribution >= 4 is 46.0 Å². The van der Waals surface area contributed by atoms with Gasteiger partial charge in [-0.15, -0.1) is 0 Å². The highest BCUT2D eigenvalue weighted by Gasteiger charge is 2.25. The molecule has 1 aromatic carbocycles. The van der Waals surface area contributed by atoms with Gasteiger partial charge in [0.05, 0.1) is 10.9 Å². The van der Waals surface area contributed by atoms with Crippen molar-refractivity contribution in [3.8, 4) is 0 Å². The van der Waals surface area contributed by atoms with E-state index in [0.717, 1.165) is 4.57 Å². The number of hydrogen-bond acceptors (Lipinski definition) is 5. The molecule has 3 rings (SSSR count). The molecule has 0 unspecified atom stereocenters. The van der Waals surface area contributed by atoms with Crippen LogP contribution in [0.3, 0.4) is 0 Å². The molecule has 9 heteroatoms. The van der Waals surface area contributed by atoms with E-state index in [1.54, 1.807) is 30.3 Å². The molecule has 27 heavy (non-hydrogen) atoms. The van der Waals surface area contributed by atoms with Gasteiger partial charge < -0.3 is 10.3 Å². The molecular formula is C18H17ClN4O3S. The van der Waals surface area contributed by atoms with Gasteiger partial charge in [-0.3, -0.25) is 9.59 Å². The number of thioether (sulfide) groups is 1. The van der Waals surface area contributed by atoms with Crippen molar-refractivity contribution in [2.45, 2.75) is 12.5 Å². The number of aromatic amines is 1. The van der Waals surface area contributed by atoms with Crippen molar-refractivity contribution in [3.63, 3.8) is 0 Å². The summed E-state index contributed by atoms with van der Waals surface area (Å²) >= 11 is 7.44. The lowest BCUT2D eigenvalue weighted by molar-refractivity contribution is -0.119. The summed E-state index contributed by atoms with van der Waals surface area (Å²) < 4.78 is 0.971. The van der Waals surface area contributed by atoms with Gasteiger partial charge >= 0.3 is 5.69 Å². The quantitative estimate of drug-likeness (QED) is 0.658. The first-order chi connectivity index (χ1) is 13.0. The first kappa shape index (κ1) is 19.2. The maximum Gasteiger partial charge on any atom is 0.329 e. The number of pyridine rings is 1. The fraction of sp³-hybridized carbons (Fsp3) is 0.222. The van der Waals surface area contributed by atoms with Gasteiger partial charge in [0.15, 0.2) is 0 Å². The second-order valence-corrected chi connectivity index (χ2v) is 7.22. The van der Waals surface area contributed by atoms with Gasteiger partial charge in [0, 0.05) is 11.2 Å². The predicted octanol–water partition coefficient (Wildman–Crippen LogP) is 2.67. The minimum absolute atomic E-state index is 0.256. The molecule has 2 heterocycles. The summed E-state index contributed by atoms with van der Waals surface area (Å²) in [6, 6.07) is 8.81. The number of benzene rings is 1. The topological polar surface area (TPSA) is 96.8 Å². The summed E-state index contributed by atoms with van der Waals surface area (Å²) in [5, 5.41) is 3.40. The van der Waals surface area contributed by atoms with Gasteiger partial charge in [-0.2, -0.15) is 11.8 Å². The van der Waals surface area contributed by atoms with E-state index in [2.05, 4.69) is 15.3 Å². The maximum absolute atomic E-state index is 12.9. The predicted molar refractivity (Wildman–Crippen MR) is 109 cm³/mol. The largest absolute Gasteiger partial charge is 0.329 e. The molecule has 0 spiro atoms. The van der Waals surface area contributed by atoms with Crippen LogP contribution in [0.2, 0.25) is 5.02 Å². The van der Waals surface area contributed by atoms with Crippen LogP contribution in [0.25, 0.3) is 10.9 Å². The number of carbonyl (C=O) groups is 1. The van der Waals surface area contributed by atoms with E-state index >= 15 is 0 Å². The number of fused-ring (bicyclic) bond motifs is 1. The van der Waals surface area contributed by atoms with Gasteiger partial charge in [0.25, 0.3) is 5.56 Å². The molecule has 1 amide bonds.